The van der Waals surface area contributed by atoms with Gasteiger partial charge in [-0.1, -0.05) is 0 Å². The molecule has 0 unspecified atom stereocenters. The Bertz CT molecular complexity index is 341. The lowest BCUT2D eigenvalue weighted by Crippen LogP contribution is -2.00. The van der Waals surface area contributed by atoms with Gasteiger partial charge in [0.15, 0.2) is 9.84 Å². The molecule has 0 atom stereocenters. The van der Waals surface area contributed by atoms with E-state index < -0.39 is 9.84 Å². The van der Waals surface area contributed by atoms with Gasteiger partial charge in [-0.2, -0.15) is 4.98 Å². The van der Waals surface area contributed by atoms with Gasteiger partial charge in [0.25, 0.3) is 5.95 Å². The highest BCUT2D eigenvalue weighted by atomic mass is 32.2. The minimum absolute atomic E-state index is 0.0185. The fourth-order valence-corrected chi connectivity index (χ4v) is 1.12. The van der Waals surface area contributed by atoms with Gasteiger partial charge < -0.3 is 10.3 Å². The van der Waals surface area contributed by atoms with Crippen LogP contribution in [0, 0.1) is 0 Å². The molecule has 0 aromatic carbocycles. The Labute approximate surface area is 63.3 Å². The van der Waals surface area contributed by atoms with Crippen LogP contribution in [0.2, 0.25) is 0 Å². The van der Waals surface area contributed by atoms with Crippen molar-refractivity contribution in [1.29, 1.82) is 0 Å². The van der Waals surface area contributed by atoms with Crippen LogP contribution < -0.4 is 5.73 Å². The molecule has 0 saturated heterocycles. The summed E-state index contributed by atoms with van der Waals surface area (Å²) in [5.41, 5.74) is 5.09. The van der Waals surface area contributed by atoms with Crippen molar-refractivity contribution in [3.05, 3.63) is 5.89 Å². The molecular weight excluding hydrogens is 170 g/mol. The van der Waals surface area contributed by atoms with Gasteiger partial charge in [0.1, 0.15) is 5.75 Å². The molecule has 1 aromatic rings. The van der Waals surface area contributed by atoms with Crippen LogP contribution in [0.3, 0.4) is 0 Å². The number of nitrogens with two attached hydrogens (primary N) is 1. The average molecular weight is 177 g/mol. The van der Waals surface area contributed by atoms with Gasteiger partial charge in [-0.25, -0.2) is 8.42 Å². The molecule has 6 nitrogen and oxygen atoms in total. The number of sulfone groups is 1. The summed E-state index contributed by atoms with van der Waals surface area (Å²) < 4.78 is 25.8. The summed E-state index contributed by atoms with van der Waals surface area (Å²) in [5, 5.41) is 3.23. The number of nitrogens with zero attached hydrogens (tertiary/aromatic N) is 2. The summed E-state index contributed by atoms with van der Waals surface area (Å²) in [6.45, 7) is 0. The van der Waals surface area contributed by atoms with E-state index in [0.717, 1.165) is 6.26 Å². The van der Waals surface area contributed by atoms with Gasteiger partial charge in [-0.15, -0.1) is 0 Å². The van der Waals surface area contributed by atoms with Gasteiger partial charge in [0.05, 0.1) is 0 Å². The van der Waals surface area contributed by atoms with E-state index >= 15 is 0 Å². The Morgan fingerprint density at radius 2 is 2.27 bits per heavy atom. The molecule has 0 aliphatic heterocycles. The lowest BCUT2D eigenvalue weighted by molar-refractivity contribution is 0.390. The molecule has 0 radical (unpaired) electrons. The molecule has 11 heavy (non-hydrogen) atoms. The van der Waals surface area contributed by atoms with Crippen LogP contribution in [-0.4, -0.2) is 24.8 Å². The molecule has 0 aliphatic rings. The van der Waals surface area contributed by atoms with Crippen LogP contribution in [0.5, 0.6) is 0 Å². The third-order valence-corrected chi connectivity index (χ3v) is 1.64. The van der Waals surface area contributed by atoms with E-state index in [9.17, 15) is 8.42 Å². The number of anilines is 1. The van der Waals surface area contributed by atoms with Crippen LogP contribution in [0.25, 0.3) is 0 Å². The van der Waals surface area contributed by atoms with Crippen LogP contribution >= 0.6 is 0 Å². The minimum Gasteiger partial charge on any atom is -0.365 e. The number of aromatic nitrogens is 2. The smallest absolute Gasteiger partial charge is 0.260 e. The topological polar surface area (TPSA) is 99.1 Å². The molecule has 1 heterocycles. The molecule has 7 heteroatoms. The maximum Gasteiger partial charge on any atom is 0.260 e. The summed E-state index contributed by atoms with van der Waals surface area (Å²) in [6.07, 6.45) is 1.08. The van der Waals surface area contributed by atoms with Crippen molar-refractivity contribution in [3.8, 4) is 0 Å². The second kappa shape index (κ2) is 2.50. The summed E-state index contributed by atoms with van der Waals surface area (Å²) in [6, 6.07) is 0. The van der Waals surface area contributed by atoms with E-state index in [1.54, 1.807) is 0 Å². The quantitative estimate of drug-likeness (QED) is 0.634. The highest BCUT2D eigenvalue weighted by Crippen LogP contribution is 2.02. The molecule has 0 bridgehead atoms. The lowest BCUT2D eigenvalue weighted by atomic mass is 10.8. The zero-order valence-corrected chi connectivity index (χ0v) is 6.63. The first-order valence-corrected chi connectivity index (χ1v) is 4.79. The standard InChI is InChI=1S/C4H7N3O3S/c1-11(8,9)2-3-6-4(5)7-10-3/h2H2,1H3,(H2,5,7). The first-order chi connectivity index (χ1) is 4.97. The minimum atomic E-state index is -3.12. The van der Waals surface area contributed by atoms with Crippen molar-refractivity contribution in [2.24, 2.45) is 0 Å². The maximum absolute atomic E-state index is 10.6. The zero-order valence-electron chi connectivity index (χ0n) is 5.81. The third kappa shape index (κ3) is 2.54. The second-order valence-corrected chi connectivity index (χ2v) is 4.26. The Kier molecular flexibility index (Phi) is 1.81. The molecule has 62 valence electrons. The first kappa shape index (κ1) is 7.99. The Morgan fingerprint density at radius 1 is 1.64 bits per heavy atom. The first-order valence-electron chi connectivity index (χ1n) is 2.73. The van der Waals surface area contributed by atoms with Crippen molar-refractivity contribution in [1.82, 2.24) is 10.1 Å². The fraction of sp³-hybridized carbons (Fsp3) is 0.500. The zero-order chi connectivity index (χ0) is 8.48. The van der Waals surface area contributed by atoms with E-state index in [2.05, 4.69) is 14.7 Å². The molecule has 0 fully saturated rings. The van der Waals surface area contributed by atoms with Crippen molar-refractivity contribution < 1.29 is 12.9 Å². The molecule has 0 saturated carbocycles. The van der Waals surface area contributed by atoms with E-state index in [4.69, 9.17) is 5.73 Å². The van der Waals surface area contributed by atoms with E-state index in [1.165, 1.54) is 0 Å². The molecule has 0 spiro atoms. The highest BCUT2D eigenvalue weighted by Gasteiger charge is 2.10. The van der Waals surface area contributed by atoms with Crippen molar-refractivity contribution in [3.63, 3.8) is 0 Å². The molecule has 2 N–H and O–H groups in total. The van der Waals surface area contributed by atoms with Gasteiger partial charge in [0.2, 0.25) is 5.89 Å². The monoisotopic (exact) mass is 177 g/mol. The van der Waals surface area contributed by atoms with Gasteiger partial charge in [0, 0.05) is 6.26 Å². The van der Waals surface area contributed by atoms with Crippen LogP contribution in [-0.2, 0) is 15.6 Å². The lowest BCUT2D eigenvalue weighted by Gasteiger charge is -1.87. The van der Waals surface area contributed by atoms with Gasteiger partial charge in [-0.05, 0) is 5.16 Å². The predicted octanol–water partition coefficient (Wildman–Crippen LogP) is -0.804. The van der Waals surface area contributed by atoms with Crippen LogP contribution in [0.1, 0.15) is 5.89 Å². The number of nitrogen functional groups attached to an aromatic ring is 1. The average Bonchev–Trinajstić information content (AvgIpc) is 2.10. The summed E-state index contributed by atoms with van der Waals surface area (Å²) in [7, 11) is -3.12. The second-order valence-electron chi connectivity index (χ2n) is 2.12. The molecule has 1 rings (SSSR count). The van der Waals surface area contributed by atoms with Crippen molar-refractivity contribution >= 4 is 15.8 Å². The largest absolute Gasteiger partial charge is 0.365 e. The molecular formula is C4H7N3O3S. The SMILES string of the molecule is CS(=O)(=O)Cc1nc(N)no1. The summed E-state index contributed by atoms with van der Waals surface area (Å²) in [5.74, 6) is -0.300. The van der Waals surface area contributed by atoms with Gasteiger partial charge >= 0.3 is 0 Å². The number of rotatable bonds is 2. The molecule has 0 amide bonds. The summed E-state index contributed by atoms with van der Waals surface area (Å²) in [4.78, 5) is 3.52. The predicted molar refractivity (Wildman–Crippen MR) is 37.3 cm³/mol. The van der Waals surface area contributed by atoms with Crippen LogP contribution in [0.15, 0.2) is 4.52 Å². The molecule has 0 aliphatic carbocycles. The van der Waals surface area contributed by atoms with E-state index in [0.29, 0.717) is 0 Å². The van der Waals surface area contributed by atoms with Crippen molar-refractivity contribution in [2.45, 2.75) is 5.75 Å². The van der Waals surface area contributed by atoms with Crippen LogP contribution in [0.4, 0.5) is 5.95 Å². The number of hydrogen-bond acceptors (Lipinski definition) is 6. The maximum atomic E-state index is 10.6. The molecule has 1 aromatic heterocycles. The third-order valence-electron chi connectivity index (χ3n) is 0.869. The normalized spacial score (nSPS) is 11.7. The van der Waals surface area contributed by atoms with Crippen molar-refractivity contribution in [2.75, 3.05) is 12.0 Å². The van der Waals surface area contributed by atoms with E-state index in [-0.39, 0.29) is 17.6 Å². The Morgan fingerprint density at radius 3 is 2.64 bits per heavy atom. The Balaban J connectivity index is 2.81. The highest BCUT2D eigenvalue weighted by molar-refractivity contribution is 7.89. The Hall–Kier alpha value is -1.11. The number of hydrogen-bond donors (Lipinski definition) is 1. The van der Waals surface area contributed by atoms with Gasteiger partial charge in [-0.3, -0.25) is 0 Å². The fourth-order valence-electron chi connectivity index (χ4n) is 0.551. The van der Waals surface area contributed by atoms with E-state index in [1.807, 2.05) is 0 Å². The summed E-state index contributed by atoms with van der Waals surface area (Å²) >= 11 is 0.